The Balaban J connectivity index is 1.50. The van der Waals surface area contributed by atoms with Crippen molar-refractivity contribution in [1.29, 1.82) is 0 Å². The van der Waals surface area contributed by atoms with Gasteiger partial charge in [0, 0.05) is 31.7 Å². The Kier molecular flexibility index (Phi) is 7.00. The second kappa shape index (κ2) is 9.87. The number of amides is 2. The molecule has 0 N–H and O–H groups in total. The summed E-state index contributed by atoms with van der Waals surface area (Å²) < 4.78 is 22.7. The average Bonchev–Trinajstić information content (AvgIpc) is 2.75. The van der Waals surface area contributed by atoms with E-state index in [1.54, 1.807) is 41.0 Å². The van der Waals surface area contributed by atoms with Gasteiger partial charge >= 0.3 is 6.16 Å². The topological polar surface area (TPSA) is 76.2 Å². The summed E-state index contributed by atoms with van der Waals surface area (Å²) in [6.45, 7) is 3.63. The van der Waals surface area contributed by atoms with E-state index < -0.39 is 6.16 Å². The normalized spacial score (nSPS) is 13.7. The maximum atomic E-state index is 13.0. The Hall–Kier alpha value is -3.42. The van der Waals surface area contributed by atoms with Gasteiger partial charge in [0.15, 0.2) is 0 Å². The lowest BCUT2D eigenvalue weighted by Crippen LogP contribution is -2.51. The number of piperazine rings is 1. The Morgan fingerprint density at radius 3 is 2.10 bits per heavy atom. The molecule has 2 aromatic rings. The zero-order valence-electron chi connectivity index (χ0n) is 16.7. The van der Waals surface area contributed by atoms with Gasteiger partial charge in [-0.2, -0.15) is 0 Å². The van der Waals surface area contributed by atoms with Crippen molar-refractivity contribution in [3.8, 4) is 5.75 Å². The van der Waals surface area contributed by atoms with Gasteiger partial charge in [-0.05, 0) is 48.9 Å². The highest BCUT2D eigenvalue weighted by Gasteiger charge is 2.25. The number of ether oxygens (including phenoxy) is 2. The predicted molar refractivity (Wildman–Crippen MR) is 107 cm³/mol. The largest absolute Gasteiger partial charge is 0.513 e. The van der Waals surface area contributed by atoms with Crippen LogP contribution in [0, 0.1) is 5.82 Å². The first kappa shape index (κ1) is 21.3. The molecule has 1 heterocycles. The third-order valence-electron chi connectivity index (χ3n) is 4.75. The summed E-state index contributed by atoms with van der Waals surface area (Å²) in [5, 5.41) is 0. The molecule has 0 saturated carbocycles. The van der Waals surface area contributed by atoms with Crippen molar-refractivity contribution in [2.24, 2.45) is 0 Å². The molecule has 30 heavy (non-hydrogen) atoms. The predicted octanol–water partition coefficient (Wildman–Crippen LogP) is 2.89. The van der Waals surface area contributed by atoms with E-state index in [0.717, 1.165) is 5.56 Å². The third-order valence-corrected chi connectivity index (χ3v) is 4.75. The highest BCUT2D eigenvalue weighted by molar-refractivity contribution is 5.94. The minimum atomic E-state index is -0.794. The second-order valence-corrected chi connectivity index (χ2v) is 6.79. The van der Waals surface area contributed by atoms with Gasteiger partial charge < -0.3 is 19.3 Å². The van der Waals surface area contributed by atoms with E-state index in [1.165, 1.54) is 24.3 Å². The molecule has 2 amide bonds. The van der Waals surface area contributed by atoms with Crippen molar-refractivity contribution in [2.75, 3.05) is 32.8 Å². The molecule has 0 bridgehead atoms. The van der Waals surface area contributed by atoms with Crippen LogP contribution < -0.4 is 4.74 Å². The fourth-order valence-electron chi connectivity index (χ4n) is 3.14. The van der Waals surface area contributed by atoms with E-state index in [9.17, 15) is 18.8 Å². The lowest BCUT2D eigenvalue weighted by atomic mass is 10.1. The molecule has 3 rings (SSSR count). The van der Waals surface area contributed by atoms with Crippen molar-refractivity contribution >= 4 is 18.0 Å². The Morgan fingerprint density at radius 2 is 1.50 bits per heavy atom. The molecule has 1 aliphatic heterocycles. The fraction of sp³-hybridized carbons (Fsp3) is 0.318. The number of carbonyl (C=O) groups excluding carboxylic acids is 3. The zero-order valence-corrected chi connectivity index (χ0v) is 16.7. The van der Waals surface area contributed by atoms with Crippen molar-refractivity contribution in [2.45, 2.75) is 13.3 Å². The maximum absolute atomic E-state index is 13.0. The molecule has 0 radical (unpaired) electrons. The number of hydrogen-bond donors (Lipinski definition) is 0. The zero-order chi connectivity index (χ0) is 21.5. The van der Waals surface area contributed by atoms with Crippen LogP contribution in [0.3, 0.4) is 0 Å². The number of benzene rings is 2. The van der Waals surface area contributed by atoms with Crippen LogP contribution >= 0.6 is 0 Å². The second-order valence-electron chi connectivity index (χ2n) is 6.79. The molecule has 1 saturated heterocycles. The Bertz CT molecular complexity index is 891. The summed E-state index contributed by atoms with van der Waals surface area (Å²) in [6, 6.07) is 12.1. The minimum absolute atomic E-state index is 0.0471. The van der Waals surface area contributed by atoms with Crippen LogP contribution in [0.15, 0.2) is 48.5 Å². The summed E-state index contributed by atoms with van der Waals surface area (Å²) in [6.07, 6.45) is -0.589. The van der Waals surface area contributed by atoms with Gasteiger partial charge in [-0.25, -0.2) is 9.18 Å². The molecule has 1 aliphatic rings. The molecule has 2 aromatic carbocycles. The molecule has 1 fully saturated rings. The summed E-state index contributed by atoms with van der Waals surface area (Å²) in [5.74, 6) is -0.238. The molecule has 0 unspecified atom stereocenters. The van der Waals surface area contributed by atoms with Gasteiger partial charge in [0.2, 0.25) is 5.91 Å². The SMILES string of the molecule is CCOC(=O)Oc1ccc(C(=O)N2CCN(C(=O)Cc3ccc(F)cc3)CC2)cc1. The molecule has 158 valence electrons. The molecule has 0 aliphatic carbocycles. The quantitative estimate of drug-likeness (QED) is 0.556. The van der Waals surface area contributed by atoms with E-state index in [1.807, 2.05) is 0 Å². The van der Waals surface area contributed by atoms with Crippen LogP contribution in [0.5, 0.6) is 5.75 Å². The first-order valence-corrected chi connectivity index (χ1v) is 9.72. The van der Waals surface area contributed by atoms with E-state index in [0.29, 0.717) is 37.5 Å². The van der Waals surface area contributed by atoms with Crippen molar-refractivity contribution in [3.63, 3.8) is 0 Å². The summed E-state index contributed by atoms with van der Waals surface area (Å²) in [4.78, 5) is 39.9. The monoisotopic (exact) mass is 414 g/mol. The van der Waals surface area contributed by atoms with E-state index >= 15 is 0 Å². The average molecular weight is 414 g/mol. The molecular weight excluding hydrogens is 391 g/mol. The van der Waals surface area contributed by atoms with Gasteiger partial charge in [0.05, 0.1) is 13.0 Å². The van der Waals surface area contributed by atoms with E-state index in [-0.39, 0.29) is 30.7 Å². The summed E-state index contributed by atoms with van der Waals surface area (Å²) >= 11 is 0. The molecule has 0 spiro atoms. The number of carbonyl (C=O) groups is 3. The van der Waals surface area contributed by atoms with Crippen LogP contribution in [-0.4, -0.2) is 60.6 Å². The van der Waals surface area contributed by atoms with Crippen molar-refractivity contribution in [1.82, 2.24) is 9.80 Å². The number of rotatable bonds is 5. The first-order chi connectivity index (χ1) is 14.5. The Labute approximate surface area is 174 Å². The van der Waals surface area contributed by atoms with Crippen LogP contribution in [0.25, 0.3) is 0 Å². The number of nitrogens with zero attached hydrogens (tertiary/aromatic N) is 2. The van der Waals surface area contributed by atoms with Gasteiger partial charge in [-0.15, -0.1) is 0 Å². The highest BCUT2D eigenvalue weighted by Crippen LogP contribution is 2.16. The van der Waals surface area contributed by atoms with Crippen LogP contribution in [0.1, 0.15) is 22.8 Å². The van der Waals surface area contributed by atoms with Crippen LogP contribution in [0.2, 0.25) is 0 Å². The summed E-state index contributed by atoms with van der Waals surface area (Å²) in [7, 11) is 0. The standard InChI is InChI=1S/C22H23FN2O5/c1-2-29-22(28)30-19-9-5-17(6-10-19)21(27)25-13-11-24(12-14-25)20(26)15-16-3-7-18(23)8-4-16/h3-10H,2,11-15H2,1H3. The van der Waals surface area contributed by atoms with Crippen molar-refractivity contribution in [3.05, 3.63) is 65.5 Å². The molecule has 0 aromatic heterocycles. The molecule has 7 nitrogen and oxygen atoms in total. The highest BCUT2D eigenvalue weighted by atomic mass is 19.1. The van der Waals surface area contributed by atoms with E-state index in [2.05, 4.69) is 0 Å². The van der Waals surface area contributed by atoms with Gasteiger partial charge in [0.25, 0.3) is 5.91 Å². The fourth-order valence-corrected chi connectivity index (χ4v) is 3.14. The van der Waals surface area contributed by atoms with Gasteiger partial charge in [-0.1, -0.05) is 12.1 Å². The van der Waals surface area contributed by atoms with E-state index in [4.69, 9.17) is 9.47 Å². The minimum Gasteiger partial charge on any atom is -0.434 e. The Morgan fingerprint density at radius 1 is 0.900 bits per heavy atom. The third kappa shape index (κ3) is 5.56. The lowest BCUT2D eigenvalue weighted by Gasteiger charge is -2.35. The lowest BCUT2D eigenvalue weighted by molar-refractivity contribution is -0.131. The van der Waals surface area contributed by atoms with Gasteiger partial charge in [-0.3, -0.25) is 9.59 Å². The number of halogens is 1. The smallest absolute Gasteiger partial charge is 0.434 e. The van der Waals surface area contributed by atoms with Crippen LogP contribution in [0.4, 0.5) is 9.18 Å². The number of hydrogen-bond acceptors (Lipinski definition) is 5. The van der Waals surface area contributed by atoms with Gasteiger partial charge in [0.1, 0.15) is 11.6 Å². The molecule has 8 heteroatoms. The van der Waals surface area contributed by atoms with Crippen molar-refractivity contribution < 1.29 is 28.2 Å². The first-order valence-electron chi connectivity index (χ1n) is 9.72. The summed E-state index contributed by atoms with van der Waals surface area (Å²) in [5.41, 5.74) is 1.22. The van der Waals surface area contributed by atoms with Crippen LogP contribution in [-0.2, 0) is 16.0 Å². The maximum Gasteiger partial charge on any atom is 0.513 e. The molecule has 0 atom stereocenters. The molecular formula is C22H23FN2O5.